The number of hydrogen-bond donors (Lipinski definition) is 2. The molecule has 4 aromatic rings. The Morgan fingerprint density at radius 3 is 2.64 bits per heavy atom. The smallest absolute Gasteiger partial charge is 0.256 e. The van der Waals surface area contributed by atoms with Gasteiger partial charge in [0.2, 0.25) is 0 Å². The highest BCUT2D eigenvalue weighted by Gasteiger charge is 2.31. The highest BCUT2D eigenvalue weighted by molar-refractivity contribution is 7.18. The first-order valence-electron chi connectivity index (χ1n) is 10.6. The van der Waals surface area contributed by atoms with Gasteiger partial charge in [-0.1, -0.05) is 11.3 Å². The predicted molar refractivity (Wildman–Crippen MR) is 132 cm³/mol. The maximum Gasteiger partial charge on any atom is 0.256 e. The first kappa shape index (κ1) is 21.2. The molecule has 0 spiro atoms. The van der Waals surface area contributed by atoms with Crippen molar-refractivity contribution < 1.29 is 4.79 Å². The first-order chi connectivity index (χ1) is 16.0. The van der Waals surface area contributed by atoms with E-state index in [4.69, 9.17) is 4.98 Å². The Morgan fingerprint density at radius 2 is 1.94 bits per heavy atom. The fourth-order valence-corrected chi connectivity index (χ4v) is 4.49. The second kappa shape index (κ2) is 8.72. The normalized spacial score (nSPS) is 13.9. The van der Waals surface area contributed by atoms with Crippen LogP contribution in [0.1, 0.15) is 10.4 Å². The van der Waals surface area contributed by atoms with Crippen molar-refractivity contribution in [1.29, 1.82) is 0 Å². The number of carbonyl (C=O) groups excluding carboxylic acids is 1. The van der Waals surface area contributed by atoms with E-state index in [0.29, 0.717) is 17.4 Å². The zero-order chi connectivity index (χ0) is 22.9. The van der Waals surface area contributed by atoms with Crippen LogP contribution in [0.4, 0.5) is 16.6 Å². The van der Waals surface area contributed by atoms with Crippen molar-refractivity contribution in [3.05, 3.63) is 54.6 Å². The van der Waals surface area contributed by atoms with E-state index in [-0.39, 0.29) is 5.91 Å². The van der Waals surface area contributed by atoms with Gasteiger partial charge in [-0.15, -0.1) is 0 Å². The molecule has 10 heteroatoms. The molecule has 168 valence electrons. The fraction of sp³-hybridized carbons (Fsp3) is 0.261. The second-order valence-corrected chi connectivity index (χ2v) is 9.14. The molecule has 0 radical (unpaired) electrons. The largest absolute Gasteiger partial charge is 0.366 e. The van der Waals surface area contributed by atoms with Gasteiger partial charge in [0.15, 0.2) is 5.13 Å². The van der Waals surface area contributed by atoms with Crippen molar-refractivity contribution in [3.63, 3.8) is 0 Å². The molecule has 0 bridgehead atoms. The maximum atomic E-state index is 12.5. The Morgan fingerprint density at radius 1 is 1.15 bits per heavy atom. The lowest BCUT2D eigenvalue weighted by atomic mass is 10.0. The highest BCUT2D eigenvalue weighted by Crippen LogP contribution is 2.38. The lowest BCUT2D eigenvalue weighted by molar-refractivity contribution is 0.102. The van der Waals surface area contributed by atoms with Crippen LogP contribution in [0.25, 0.3) is 21.5 Å². The van der Waals surface area contributed by atoms with Crippen molar-refractivity contribution in [1.82, 2.24) is 24.8 Å². The molecule has 0 atom stereocenters. The quantitative estimate of drug-likeness (QED) is 0.453. The highest BCUT2D eigenvalue weighted by atomic mass is 32.1. The zero-order valence-corrected chi connectivity index (χ0v) is 19.4. The van der Waals surface area contributed by atoms with E-state index in [2.05, 4.69) is 55.5 Å². The molecule has 1 aliphatic heterocycles. The van der Waals surface area contributed by atoms with Crippen molar-refractivity contribution >= 4 is 44.8 Å². The molecule has 5 rings (SSSR count). The number of carbonyl (C=O) groups is 1. The summed E-state index contributed by atoms with van der Waals surface area (Å²) in [5.41, 5.74) is 3.24. The van der Waals surface area contributed by atoms with Crippen molar-refractivity contribution in [3.8, 4) is 10.6 Å². The molecule has 0 aliphatic carbocycles. The number of fused-ring (bicyclic) bond motifs is 1. The van der Waals surface area contributed by atoms with Gasteiger partial charge in [-0.05, 0) is 32.3 Å². The van der Waals surface area contributed by atoms with E-state index in [0.717, 1.165) is 45.4 Å². The van der Waals surface area contributed by atoms with Crippen LogP contribution in [0.3, 0.4) is 0 Å². The molecule has 5 heterocycles. The summed E-state index contributed by atoms with van der Waals surface area (Å²) >= 11 is 1.57. The van der Waals surface area contributed by atoms with Gasteiger partial charge in [0, 0.05) is 68.0 Å². The molecule has 1 saturated heterocycles. The molecule has 1 amide bonds. The number of likely N-dealkylation sites (N-methyl/N-ethyl adjacent to an activating group) is 1. The average molecular weight is 461 g/mol. The number of thiazole rings is 1. The molecule has 0 aromatic carbocycles. The molecule has 2 N–H and O–H groups in total. The van der Waals surface area contributed by atoms with Gasteiger partial charge in [-0.25, -0.2) is 15.0 Å². The number of amides is 1. The van der Waals surface area contributed by atoms with E-state index >= 15 is 0 Å². The molecule has 1 aliphatic rings. The van der Waals surface area contributed by atoms with E-state index in [9.17, 15) is 4.79 Å². The first-order valence-corrected chi connectivity index (χ1v) is 11.4. The van der Waals surface area contributed by atoms with Crippen molar-refractivity contribution in [2.24, 2.45) is 0 Å². The Hall–Kier alpha value is -3.63. The van der Waals surface area contributed by atoms with Crippen LogP contribution in [0, 0.1) is 0 Å². The lowest BCUT2D eigenvalue weighted by Crippen LogP contribution is -2.57. The van der Waals surface area contributed by atoms with Crippen LogP contribution < -0.4 is 15.5 Å². The average Bonchev–Trinajstić information content (AvgIpc) is 3.27. The molecule has 9 nitrogen and oxygen atoms in total. The summed E-state index contributed by atoms with van der Waals surface area (Å²) < 4.78 is 0. The Labute approximate surface area is 195 Å². The van der Waals surface area contributed by atoms with Crippen LogP contribution in [-0.4, -0.2) is 71.0 Å². The standard InChI is InChI=1S/C23H24N8OS/c1-24-23-27-11-19(33-23)21-18(31-12-16(13-31)30(2)3)8-15-10-26-20(9-17(15)28-21)29-22(32)14-4-6-25-7-5-14/h4-11,16H,12-13H2,1-3H3,(H,24,27)(H,26,29,32). The number of aromatic nitrogens is 4. The SMILES string of the molecule is CNc1ncc(-c2nc3cc(NC(=O)c4ccncc4)ncc3cc2N2CC(N(C)C)C2)s1. The van der Waals surface area contributed by atoms with Crippen LogP contribution in [-0.2, 0) is 0 Å². The Balaban J connectivity index is 1.51. The topological polar surface area (TPSA) is 99.2 Å². The third-order valence-electron chi connectivity index (χ3n) is 5.75. The number of nitrogens with one attached hydrogen (secondary N) is 2. The third-order valence-corrected chi connectivity index (χ3v) is 6.77. The van der Waals surface area contributed by atoms with Crippen LogP contribution in [0.2, 0.25) is 0 Å². The molecular weight excluding hydrogens is 436 g/mol. The van der Waals surface area contributed by atoms with Crippen LogP contribution in [0.15, 0.2) is 49.1 Å². The minimum atomic E-state index is -0.238. The minimum Gasteiger partial charge on any atom is -0.366 e. The van der Waals surface area contributed by atoms with E-state index < -0.39 is 0 Å². The fourth-order valence-electron chi connectivity index (χ4n) is 3.72. The van der Waals surface area contributed by atoms with Gasteiger partial charge in [0.1, 0.15) is 11.5 Å². The number of rotatable bonds is 6. The van der Waals surface area contributed by atoms with E-state index in [1.165, 1.54) is 0 Å². The van der Waals surface area contributed by atoms with Gasteiger partial charge in [-0.3, -0.25) is 9.78 Å². The zero-order valence-electron chi connectivity index (χ0n) is 18.6. The van der Waals surface area contributed by atoms with Crippen LogP contribution >= 0.6 is 11.3 Å². The predicted octanol–water partition coefficient (Wildman–Crippen LogP) is 3.19. The number of hydrogen-bond acceptors (Lipinski definition) is 9. The molecular formula is C23H24N8OS. The summed E-state index contributed by atoms with van der Waals surface area (Å²) in [6, 6.07) is 7.78. The number of anilines is 3. The van der Waals surface area contributed by atoms with Crippen LogP contribution in [0.5, 0.6) is 0 Å². The number of nitrogens with zero attached hydrogens (tertiary/aromatic N) is 6. The summed E-state index contributed by atoms with van der Waals surface area (Å²) in [6.45, 7) is 1.89. The molecule has 1 fully saturated rings. The molecule has 0 saturated carbocycles. The summed E-state index contributed by atoms with van der Waals surface area (Å²) in [6.07, 6.45) is 6.78. The molecule has 33 heavy (non-hydrogen) atoms. The molecule has 4 aromatic heterocycles. The summed E-state index contributed by atoms with van der Waals surface area (Å²) in [5.74, 6) is 0.213. The van der Waals surface area contributed by atoms with E-state index in [1.54, 1.807) is 48.1 Å². The summed E-state index contributed by atoms with van der Waals surface area (Å²) in [4.78, 5) is 35.9. The second-order valence-electron chi connectivity index (χ2n) is 8.11. The Kier molecular flexibility index (Phi) is 5.61. The van der Waals surface area contributed by atoms with Gasteiger partial charge >= 0.3 is 0 Å². The van der Waals surface area contributed by atoms with Gasteiger partial charge < -0.3 is 20.4 Å². The summed E-state index contributed by atoms with van der Waals surface area (Å²) in [5, 5.41) is 7.70. The van der Waals surface area contributed by atoms with E-state index in [1.807, 2.05) is 13.2 Å². The van der Waals surface area contributed by atoms with Gasteiger partial charge in [0.25, 0.3) is 5.91 Å². The van der Waals surface area contributed by atoms with Crippen molar-refractivity contribution in [2.75, 3.05) is 49.8 Å². The monoisotopic (exact) mass is 460 g/mol. The van der Waals surface area contributed by atoms with Crippen molar-refractivity contribution in [2.45, 2.75) is 6.04 Å². The maximum absolute atomic E-state index is 12.5. The third kappa shape index (κ3) is 4.22. The molecule has 0 unspecified atom stereocenters. The Bertz CT molecular complexity index is 1300. The summed E-state index contributed by atoms with van der Waals surface area (Å²) in [7, 11) is 6.07. The van der Waals surface area contributed by atoms with Gasteiger partial charge in [0.05, 0.1) is 16.1 Å². The lowest BCUT2D eigenvalue weighted by Gasteiger charge is -2.44. The number of pyridine rings is 3. The van der Waals surface area contributed by atoms with Gasteiger partial charge in [-0.2, -0.15) is 0 Å². The minimum absolute atomic E-state index is 0.238.